The second-order valence-electron chi connectivity index (χ2n) is 5.42. The zero-order valence-electron chi connectivity index (χ0n) is 12.1. The van der Waals surface area contributed by atoms with Gasteiger partial charge in [0.1, 0.15) is 0 Å². The van der Waals surface area contributed by atoms with Crippen LogP contribution in [-0.4, -0.2) is 40.8 Å². The van der Waals surface area contributed by atoms with Crippen molar-refractivity contribution in [2.24, 2.45) is 0 Å². The van der Waals surface area contributed by atoms with Crippen LogP contribution in [0.4, 0.5) is 0 Å². The molecule has 1 aromatic heterocycles. The standard InChI is InChI=1S/C14H18N4O2S/c1-11-3-4-12(2)14(9-11)21(19,20)17-8-5-13(10-17)18-15-6-7-16-18/h3-4,6-7,9,13H,5,8,10H2,1-2H3. The maximum atomic E-state index is 12.8. The minimum Gasteiger partial charge on any atom is -0.207 e. The Kier molecular flexibility index (Phi) is 3.54. The molecule has 21 heavy (non-hydrogen) atoms. The molecule has 3 rings (SSSR count). The van der Waals surface area contributed by atoms with Gasteiger partial charge in [-0.3, -0.25) is 0 Å². The molecule has 0 saturated carbocycles. The van der Waals surface area contributed by atoms with E-state index in [0.717, 1.165) is 17.5 Å². The average Bonchev–Trinajstić information content (AvgIpc) is 3.11. The monoisotopic (exact) mass is 306 g/mol. The van der Waals surface area contributed by atoms with E-state index in [4.69, 9.17) is 0 Å². The summed E-state index contributed by atoms with van der Waals surface area (Å²) in [7, 11) is -3.45. The van der Waals surface area contributed by atoms with Crippen LogP contribution in [0.5, 0.6) is 0 Å². The first kappa shape index (κ1) is 14.2. The van der Waals surface area contributed by atoms with Crippen molar-refractivity contribution in [3.8, 4) is 0 Å². The first-order chi connectivity index (χ1) is 9.98. The lowest BCUT2D eigenvalue weighted by molar-refractivity contribution is 0.402. The first-order valence-electron chi connectivity index (χ1n) is 6.91. The van der Waals surface area contributed by atoms with E-state index >= 15 is 0 Å². The lowest BCUT2D eigenvalue weighted by Crippen LogP contribution is -2.30. The van der Waals surface area contributed by atoms with Crippen molar-refractivity contribution in [3.05, 3.63) is 41.7 Å². The summed E-state index contributed by atoms with van der Waals surface area (Å²) in [5.41, 5.74) is 1.73. The van der Waals surface area contributed by atoms with E-state index in [9.17, 15) is 8.42 Å². The van der Waals surface area contributed by atoms with Gasteiger partial charge in [0.05, 0.1) is 23.3 Å². The van der Waals surface area contributed by atoms with Gasteiger partial charge in [0.15, 0.2) is 0 Å². The third-order valence-electron chi connectivity index (χ3n) is 3.85. The van der Waals surface area contributed by atoms with Crippen LogP contribution in [0, 0.1) is 13.8 Å². The Morgan fingerprint density at radius 1 is 1.19 bits per heavy atom. The van der Waals surface area contributed by atoms with Crippen molar-refractivity contribution in [1.82, 2.24) is 19.3 Å². The van der Waals surface area contributed by atoms with Gasteiger partial charge in [0.25, 0.3) is 0 Å². The molecule has 0 radical (unpaired) electrons. The molecule has 1 unspecified atom stereocenters. The van der Waals surface area contributed by atoms with Gasteiger partial charge in [-0.25, -0.2) is 8.42 Å². The van der Waals surface area contributed by atoms with Gasteiger partial charge in [0.2, 0.25) is 10.0 Å². The second-order valence-corrected chi connectivity index (χ2v) is 7.33. The Balaban J connectivity index is 1.88. The molecule has 6 nitrogen and oxygen atoms in total. The molecule has 112 valence electrons. The molecule has 1 aliphatic rings. The zero-order chi connectivity index (χ0) is 15.0. The second kappa shape index (κ2) is 5.23. The van der Waals surface area contributed by atoms with Gasteiger partial charge < -0.3 is 0 Å². The molecule has 1 aliphatic heterocycles. The molecule has 0 aliphatic carbocycles. The third-order valence-corrected chi connectivity index (χ3v) is 5.86. The van der Waals surface area contributed by atoms with E-state index in [1.54, 1.807) is 23.3 Å². The van der Waals surface area contributed by atoms with Crippen LogP contribution in [0.3, 0.4) is 0 Å². The van der Waals surface area contributed by atoms with Gasteiger partial charge in [0, 0.05) is 13.1 Å². The molecule has 0 bridgehead atoms. The van der Waals surface area contributed by atoms with Crippen LogP contribution in [0.15, 0.2) is 35.5 Å². The number of hydrogen-bond donors (Lipinski definition) is 0. The lowest BCUT2D eigenvalue weighted by Gasteiger charge is -2.18. The Labute approximate surface area is 124 Å². The topological polar surface area (TPSA) is 68.1 Å². The van der Waals surface area contributed by atoms with E-state index in [1.807, 2.05) is 26.0 Å². The molecule has 2 heterocycles. The van der Waals surface area contributed by atoms with Crippen molar-refractivity contribution in [2.45, 2.75) is 31.2 Å². The number of aromatic nitrogens is 3. The highest BCUT2D eigenvalue weighted by Crippen LogP contribution is 2.28. The molecule has 1 atom stereocenters. The Bertz CT molecular complexity index is 740. The van der Waals surface area contributed by atoms with E-state index in [0.29, 0.717) is 18.0 Å². The summed E-state index contributed by atoms with van der Waals surface area (Å²) in [5.74, 6) is 0. The van der Waals surface area contributed by atoms with Gasteiger partial charge in [-0.05, 0) is 37.5 Å². The summed E-state index contributed by atoms with van der Waals surface area (Å²) in [5, 5.41) is 8.21. The van der Waals surface area contributed by atoms with E-state index in [2.05, 4.69) is 10.2 Å². The van der Waals surface area contributed by atoms with Crippen molar-refractivity contribution in [3.63, 3.8) is 0 Å². The number of nitrogens with zero attached hydrogens (tertiary/aromatic N) is 4. The Hall–Kier alpha value is -1.73. The number of aryl methyl sites for hydroxylation is 2. The molecular weight excluding hydrogens is 288 g/mol. The van der Waals surface area contributed by atoms with Gasteiger partial charge in [-0.15, -0.1) is 0 Å². The first-order valence-corrected chi connectivity index (χ1v) is 8.36. The SMILES string of the molecule is Cc1ccc(C)c(S(=O)(=O)N2CCC(n3nccn3)C2)c1. The van der Waals surface area contributed by atoms with Crippen LogP contribution >= 0.6 is 0 Å². The molecule has 1 aromatic carbocycles. The third kappa shape index (κ3) is 2.58. The summed E-state index contributed by atoms with van der Waals surface area (Å²) in [6, 6.07) is 5.53. The minimum absolute atomic E-state index is 0.0138. The predicted molar refractivity (Wildman–Crippen MR) is 78.4 cm³/mol. The number of benzene rings is 1. The largest absolute Gasteiger partial charge is 0.243 e. The average molecular weight is 306 g/mol. The van der Waals surface area contributed by atoms with Crippen LogP contribution in [0.25, 0.3) is 0 Å². The maximum absolute atomic E-state index is 12.8. The van der Waals surface area contributed by atoms with Gasteiger partial charge in [-0.2, -0.15) is 19.3 Å². The Morgan fingerprint density at radius 2 is 1.90 bits per heavy atom. The quantitative estimate of drug-likeness (QED) is 0.862. The van der Waals surface area contributed by atoms with E-state index in [1.165, 1.54) is 4.31 Å². The fourth-order valence-electron chi connectivity index (χ4n) is 2.66. The fourth-order valence-corrected chi connectivity index (χ4v) is 4.46. The molecule has 1 saturated heterocycles. The molecular formula is C14H18N4O2S. The lowest BCUT2D eigenvalue weighted by atomic mass is 10.2. The van der Waals surface area contributed by atoms with E-state index < -0.39 is 10.0 Å². The predicted octanol–water partition coefficient (Wildman–Crippen LogP) is 1.53. The summed E-state index contributed by atoms with van der Waals surface area (Å²) in [6.07, 6.45) is 3.96. The van der Waals surface area contributed by atoms with E-state index in [-0.39, 0.29) is 6.04 Å². The highest BCUT2D eigenvalue weighted by atomic mass is 32.2. The molecule has 2 aromatic rings. The molecule has 0 spiro atoms. The summed E-state index contributed by atoms with van der Waals surface area (Å²) < 4.78 is 27.1. The zero-order valence-corrected chi connectivity index (χ0v) is 12.9. The van der Waals surface area contributed by atoms with Crippen molar-refractivity contribution < 1.29 is 8.42 Å². The van der Waals surface area contributed by atoms with Crippen LogP contribution < -0.4 is 0 Å². The molecule has 1 fully saturated rings. The summed E-state index contributed by atoms with van der Waals surface area (Å²) in [4.78, 5) is 2.00. The van der Waals surface area contributed by atoms with Gasteiger partial charge in [-0.1, -0.05) is 12.1 Å². The van der Waals surface area contributed by atoms with Gasteiger partial charge >= 0.3 is 0 Å². The Morgan fingerprint density at radius 3 is 2.62 bits per heavy atom. The fraction of sp³-hybridized carbons (Fsp3) is 0.429. The van der Waals surface area contributed by atoms with Crippen LogP contribution in [0.2, 0.25) is 0 Å². The normalized spacial score (nSPS) is 20.0. The van der Waals surface area contributed by atoms with Crippen LogP contribution in [0.1, 0.15) is 23.6 Å². The number of sulfonamides is 1. The van der Waals surface area contributed by atoms with Crippen molar-refractivity contribution in [2.75, 3.05) is 13.1 Å². The minimum atomic E-state index is -3.45. The molecule has 7 heteroatoms. The van der Waals surface area contributed by atoms with Crippen molar-refractivity contribution >= 4 is 10.0 Å². The maximum Gasteiger partial charge on any atom is 0.243 e. The summed E-state index contributed by atoms with van der Waals surface area (Å²) >= 11 is 0. The van der Waals surface area contributed by atoms with Crippen LogP contribution in [-0.2, 0) is 10.0 Å². The highest BCUT2D eigenvalue weighted by molar-refractivity contribution is 7.89. The number of rotatable bonds is 3. The highest BCUT2D eigenvalue weighted by Gasteiger charge is 2.34. The smallest absolute Gasteiger partial charge is 0.207 e. The molecule has 0 N–H and O–H groups in total. The van der Waals surface area contributed by atoms with Crippen molar-refractivity contribution in [1.29, 1.82) is 0 Å². The summed E-state index contributed by atoms with van der Waals surface area (Å²) in [6.45, 7) is 4.65. The number of hydrogen-bond acceptors (Lipinski definition) is 4. The molecule has 0 amide bonds.